The number of rotatable bonds is 4. The van der Waals surface area contributed by atoms with E-state index >= 15 is 0 Å². The third-order valence-corrected chi connectivity index (χ3v) is 3.88. The number of likely N-dealkylation sites (N-methyl/N-ethyl adjacent to an activating group) is 2. The summed E-state index contributed by atoms with van der Waals surface area (Å²) in [5.74, 6) is 3.74. The second kappa shape index (κ2) is 8.69. The van der Waals surface area contributed by atoms with Crippen LogP contribution in [0.2, 0.25) is 0 Å². The van der Waals surface area contributed by atoms with Crippen molar-refractivity contribution in [1.82, 2.24) is 20.3 Å². The first-order chi connectivity index (χ1) is 12.9. The molecule has 1 aromatic carbocycles. The maximum Gasteiger partial charge on any atom is 0.275 e. The number of carbonyl (C=O) groups excluding carboxylic acids is 3. The number of hydrogen-bond donors (Lipinski definition) is 3. The normalized spacial score (nSPS) is 11.0. The van der Waals surface area contributed by atoms with E-state index < -0.39 is 23.8 Å². The molecule has 0 fully saturated rings. The average Bonchev–Trinajstić information content (AvgIpc) is 3.11. The van der Waals surface area contributed by atoms with Gasteiger partial charge < -0.3 is 14.8 Å². The van der Waals surface area contributed by atoms with Crippen molar-refractivity contribution in [1.29, 1.82) is 0 Å². The Hall–Kier alpha value is -3.57. The summed E-state index contributed by atoms with van der Waals surface area (Å²) in [7, 11) is 4.55. The molecule has 1 atom stereocenters. The molecular weight excluding hydrogens is 348 g/mol. The van der Waals surface area contributed by atoms with Gasteiger partial charge in [0.25, 0.3) is 17.7 Å². The molecule has 1 aromatic heterocycles. The third-order valence-electron chi connectivity index (χ3n) is 3.88. The molecule has 1 unspecified atom stereocenters. The first-order valence-corrected chi connectivity index (χ1v) is 8.04. The van der Waals surface area contributed by atoms with Crippen LogP contribution in [-0.4, -0.2) is 52.5 Å². The first-order valence-electron chi connectivity index (χ1n) is 8.04. The maximum atomic E-state index is 12.6. The number of carbonyl (C=O) groups is 3. The van der Waals surface area contributed by atoms with Crippen LogP contribution in [0, 0.1) is 11.8 Å². The summed E-state index contributed by atoms with van der Waals surface area (Å²) in [5, 5.41) is 11.1. The summed E-state index contributed by atoms with van der Waals surface area (Å²) in [6.45, 7) is 0. The summed E-state index contributed by atoms with van der Waals surface area (Å²) in [6.07, 6.45) is 3.79. The standard InChI is InChI=1S/C19H20N4O4/c1-20-17(24)16(18(25)21-27)23(3)19(26)15-8-6-13(7-9-15)4-5-14-10-11-22(2)12-14/h6-12,16,27H,1-3H3,(H,20,24)(H,21,25). The minimum atomic E-state index is -1.50. The summed E-state index contributed by atoms with van der Waals surface area (Å²) in [5.41, 5.74) is 3.27. The minimum absolute atomic E-state index is 0.280. The van der Waals surface area contributed by atoms with Gasteiger partial charge in [0.2, 0.25) is 0 Å². The van der Waals surface area contributed by atoms with Gasteiger partial charge in [-0.3, -0.25) is 19.6 Å². The van der Waals surface area contributed by atoms with Crippen molar-refractivity contribution in [2.24, 2.45) is 7.05 Å². The van der Waals surface area contributed by atoms with Crippen LogP contribution in [0.4, 0.5) is 0 Å². The molecule has 0 aliphatic rings. The quantitative estimate of drug-likeness (QED) is 0.309. The Bertz CT molecular complexity index is 890. The molecule has 27 heavy (non-hydrogen) atoms. The highest BCUT2D eigenvalue weighted by molar-refractivity contribution is 6.08. The van der Waals surface area contributed by atoms with Crippen LogP contribution in [0.3, 0.4) is 0 Å². The van der Waals surface area contributed by atoms with Gasteiger partial charge in [-0.15, -0.1) is 0 Å². The average molecular weight is 368 g/mol. The predicted molar refractivity (Wildman–Crippen MR) is 97.7 cm³/mol. The van der Waals surface area contributed by atoms with Crippen molar-refractivity contribution < 1.29 is 19.6 Å². The highest BCUT2D eigenvalue weighted by atomic mass is 16.5. The molecule has 3 N–H and O–H groups in total. The van der Waals surface area contributed by atoms with Crippen molar-refractivity contribution in [2.75, 3.05) is 14.1 Å². The lowest BCUT2D eigenvalue weighted by molar-refractivity contribution is -0.140. The highest BCUT2D eigenvalue weighted by Crippen LogP contribution is 2.10. The minimum Gasteiger partial charge on any atom is -0.357 e. The molecule has 8 nitrogen and oxygen atoms in total. The Morgan fingerprint density at radius 2 is 1.70 bits per heavy atom. The molecule has 0 aliphatic carbocycles. The number of hydrogen-bond acceptors (Lipinski definition) is 4. The topological polar surface area (TPSA) is 104 Å². The van der Waals surface area contributed by atoms with E-state index in [0.717, 1.165) is 10.5 Å². The maximum absolute atomic E-state index is 12.6. The summed E-state index contributed by atoms with van der Waals surface area (Å²) < 4.78 is 1.90. The highest BCUT2D eigenvalue weighted by Gasteiger charge is 2.33. The molecule has 0 radical (unpaired) electrons. The summed E-state index contributed by atoms with van der Waals surface area (Å²) in [6, 6.07) is 6.88. The lowest BCUT2D eigenvalue weighted by atomic mass is 10.1. The Balaban J connectivity index is 2.17. The molecule has 0 spiro atoms. The second-order valence-corrected chi connectivity index (χ2v) is 5.80. The molecule has 2 rings (SSSR count). The molecule has 140 valence electrons. The fraction of sp³-hybridized carbons (Fsp3) is 0.211. The SMILES string of the molecule is CNC(=O)C(C(=O)NO)N(C)C(=O)c1ccc(C#Cc2ccn(C)c2)cc1. The van der Waals surface area contributed by atoms with Crippen molar-refractivity contribution >= 4 is 17.7 Å². The van der Waals surface area contributed by atoms with Crippen molar-refractivity contribution in [3.63, 3.8) is 0 Å². The van der Waals surface area contributed by atoms with Crippen LogP contribution in [0.25, 0.3) is 0 Å². The van der Waals surface area contributed by atoms with E-state index in [1.54, 1.807) is 24.3 Å². The Morgan fingerprint density at radius 1 is 1.07 bits per heavy atom. The molecule has 0 aliphatic heterocycles. The van der Waals surface area contributed by atoms with Gasteiger partial charge >= 0.3 is 0 Å². The molecule has 3 amide bonds. The lowest BCUT2D eigenvalue weighted by Crippen LogP contribution is -2.54. The van der Waals surface area contributed by atoms with Crippen LogP contribution < -0.4 is 10.8 Å². The van der Waals surface area contributed by atoms with E-state index in [-0.39, 0.29) is 5.56 Å². The first kappa shape index (κ1) is 19.8. The second-order valence-electron chi connectivity index (χ2n) is 5.80. The number of hydroxylamine groups is 1. The van der Waals surface area contributed by atoms with E-state index in [0.29, 0.717) is 5.56 Å². The monoisotopic (exact) mass is 368 g/mol. The van der Waals surface area contributed by atoms with E-state index in [1.807, 2.05) is 30.1 Å². The number of nitrogens with zero attached hydrogens (tertiary/aromatic N) is 2. The molecule has 1 heterocycles. The molecule has 8 heteroatoms. The van der Waals surface area contributed by atoms with Crippen molar-refractivity contribution in [2.45, 2.75) is 6.04 Å². The van der Waals surface area contributed by atoms with Gasteiger partial charge in [0.1, 0.15) is 0 Å². The zero-order chi connectivity index (χ0) is 20.0. The molecular formula is C19H20N4O4. The van der Waals surface area contributed by atoms with Crippen molar-refractivity contribution in [3.05, 3.63) is 59.4 Å². The van der Waals surface area contributed by atoms with E-state index in [4.69, 9.17) is 5.21 Å². The summed E-state index contributed by atoms with van der Waals surface area (Å²) >= 11 is 0. The summed E-state index contributed by atoms with van der Waals surface area (Å²) in [4.78, 5) is 37.1. The van der Waals surface area contributed by atoms with Gasteiger partial charge in [-0.1, -0.05) is 11.8 Å². The van der Waals surface area contributed by atoms with E-state index in [9.17, 15) is 14.4 Å². The van der Waals surface area contributed by atoms with Gasteiger partial charge in [0, 0.05) is 50.2 Å². The Labute approximate surface area is 156 Å². The fourth-order valence-electron chi connectivity index (χ4n) is 2.41. The van der Waals surface area contributed by atoms with Gasteiger partial charge in [0.05, 0.1) is 0 Å². The predicted octanol–water partition coefficient (Wildman–Crippen LogP) is 0.117. The van der Waals surface area contributed by atoms with Gasteiger partial charge in [0.15, 0.2) is 6.04 Å². The number of amides is 3. The third kappa shape index (κ3) is 4.74. The number of nitrogens with one attached hydrogen (secondary N) is 2. The van der Waals surface area contributed by atoms with Crippen LogP contribution in [0.5, 0.6) is 0 Å². The van der Waals surface area contributed by atoms with Crippen LogP contribution >= 0.6 is 0 Å². The zero-order valence-electron chi connectivity index (χ0n) is 15.2. The van der Waals surface area contributed by atoms with Crippen LogP contribution in [0.15, 0.2) is 42.7 Å². The smallest absolute Gasteiger partial charge is 0.275 e. The fourth-order valence-corrected chi connectivity index (χ4v) is 2.41. The van der Waals surface area contributed by atoms with Gasteiger partial charge in [-0.05, 0) is 30.3 Å². The molecule has 2 aromatic rings. The van der Waals surface area contributed by atoms with Gasteiger partial charge in [-0.25, -0.2) is 5.48 Å². The Kier molecular flexibility index (Phi) is 6.36. The largest absolute Gasteiger partial charge is 0.357 e. The van der Waals surface area contributed by atoms with Gasteiger partial charge in [-0.2, -0.15) is 0 Å². The zero-order valence-corrected chi connectivity index (χ0v) is 15.2. The van der Waals surface area contributed by atoms with E-state index in [2.05, 4.69) is 17.2 Å². The number of aryl methyl sites for hydroxylation is 1. The molecule has 0 saturated heterocycles. The number of benzene rings is 1. The van der Waals surface area contributed by atoms with Crippen molar-refractivity contribution in [3.8, 4) is 11.8 Å². The molecule has 0 bridgehead atoms. The molecule has 0 saturated carbocycles. The Morgan fingerprint density at radius 3 is 2.22 bits per heavy atom. The van der Waals surface area contributed by atoms with Crippen LogP contribution in [0.1, 0.15) is 21.5 Å². The lowest BCUT2D eigenvalue weighted by Gasteiger charge is -2.25. The number of aromatic nitrogens is 1. The van der Waals surface area contributed by atoms with Crippen LogP contribution in [-0.2, 0) is 16.6 Å². The van der Waals surface area contributed by atoms with E-state index in [1.165, 1.54) is 19.6 Å².